The van der Waals surface area contributed by atoms with Crippen LogP contribution in [0.2, 0.25) is 0 Å². The van der Waals surface area contributed by atoms with E-state index in [-0.39, 0.29) is 36.9 Å². The molecular formula is C29H32O13. The number of aromatic hydroxyl groups is 1. The highest BCUT2D eigenvalue weighted by Crippen LogP contribution is 2.56. The van der Waals surface area contributed by atoms with Crippen LogP contribution >= 0.6 is 0 Å². The number of benzene rings is 2. The topological polar surface area (TPSA) is 183 Å². The summed E-state index contributed by atoms with van der Waals surface area (Å²) < 4.78 is 40.5. The van der Waals surface area contributed by atoms with Crippen molar-refractivity contribution in [2.45, 2.75) is 69.2 Å². The molecule has 2 aromatic rings. The van der Waals surface area contributed by atoms with Crippen LogP contribution in [-0.4, -0.2) is 88.5 Å². The Morgan fingerprint density at radius 2 is 1.60 bits per heavy atom. The van der Waals surface area contributed by atoms with Crippen molar-refractivity contribution in [3.63, 3.8) is 0 Å². The van der Waals surface area contributed by atoms with Gasteiger partial charge in [0.25, 0.3) is 0 Å². The standard InChI is InChI=1S/C29H32O13/c1-11-36-9-20-27(40-11)24(33)25(34)29(41-20)42-26-16-5-19-18(38-10-39-19)4-15(16)21(22-17(26)8-37-28(22)35)12-2-13(6-30)23(32)14(3-12)7-31/h2-5,11,17,20-22,24-27,29-34H,6-10H2,1H3/t11-,17+,20?,21-,22+,24-,25-,26-,27-,29?/m1/s1. The van der Waals surface area contributed by atoms with Crippen LogP contribution in [0.3, 0.4) is 0 Å². The maximum Gasteiger partial charge on any atom is 0.310 e. The second-order valence-electron chi connectivity index (χ2n) is 11.2. The van der Waals surface area contributed by atoms with Gasteiger partial charge in [0.1, 0.15) is 30.2 Å². The van der Waals surface area contributed by atoms with Crippen LogP contribution in [0.15, 0.2) is 24.3 Å². The quantitative estimate of drug-likeness (QED) is 0.301. The summed E-state index contributed by atoms with van der Waals surface area (Å²) in [7, 11) is 0. The highest BCUT2D eigenvalue weighted by Gasteiger charge is 2.56. The molecule has 0 spiro atoms. The minimum Gasteiger partial charge on any atom is -0.507 e. The van der Waals surface area contributed by atoms with Gasteiger partial charge in [-0.2, -0.15) is 0 Å². The van der Waals surface area contributed by atoms with E-state index < -0.39 is 80.0 Å². The van der Waals surface area contributed by atoms with Crippen molar-refractivity contribution in [3.05, 3.63) is 52.1 Å². The van der Waals surface area contributed by atoms with Crippen LogP contribution in [0.25, 0.3) is 0 Å². The van der Waals surface area contributed by atoms with Crippen molar-refractivity contribution in [3.8, 4) is 17.2 Å². The van der Waals surface area contributed by atoms with Crippen LogP contribution in [-0.2, 0) is 41.7 Å². The molecule has 13 nitrogen and oxygen atoms in total. The third-order valence-electron chi connectivity index (χ3n) is 8.87. The summed E-state index contributed by atoms with van der Waals surface area (Å²) in [5.41, 5.74) is 2.25. The number of cyclic esters (lactones) is 1. The molecule has 0 aromatic heterocycles. The van der Waals surface area contributed by atoms with E-state index in [1.807, 2.05) is 0 Å². The van der Waals surface area contributed by atoms with E-state index in [1.165, 1.54) is 0 Å². The molecule has 2 unspecified atom stereocenters. The number of carbonyl (C=O) groups is 1. The maximum atomic E-state index is 13.3. The smallest absolute Gasteiger partial charge is 0.310 e. The molecule has 3 fully saturated rings. The van der Waals surface area contributed by atoms with Crippen molar-refractivity contribution in [2.75, 3.05) is 20.0 Å². The largest absolute Gasteiger partial charge is 0.507 e. The van der Waals surface area contributed by atoms with Crippen molar-refractivity contribution in [1.29, 1.82) is 0 Å². The first kappa shape index (κ1) is 27.8. The molecule has 13 heteroatoms. The molecule has 10 atom stereocenters. The van der Waals surface area contributed by atoms with Crippen LogP contribution in [0, 0.1) is 11.8 Å². The zero-order chi connectivity index (χ0) is 29.3. The molecular weight excluding hydrogens is 556 g/mol. The van der Waals surface area contributed by atoms with Gasteiger partial charge in [0, 0.05) is 23.0 Å². The molecule has 0 bridgehead atoms. The summed E-state index contributed by atoms with van der Waals surface area (Å²) in [6.07, 6.45) is -6.95. The van der Waals surface area contributed by atoms with E-state index in [0.29, 0.717) is 28.2 Å². The second-order valence-corrected chi connectivity index (χ2v) is 11.2. The van der Waals surface area contributed by atoms with E-state index in [4.69, 9.17) is 33.2 Å². The van der Waals surface area contributed by atoms with Crippen molar-refractivity contribution >= 4 is 5.97 Å². The fraction of sp³-hybridized carbons (Fsp3) is 0.552. The summed E-state index contributed by atoms with van der Waals surface area (Å²) in [5, 5.41) is 52.3. The maximum absolute atomic E-state index is 13.3. The lowest BCUT2D eigenvalue weighted by Gasteiger charge is -2.47. The van der Waals surface area contributed by atoms with Gasteiger partial charge in [-0.1, -0.05) is 0 Å². The molecule has 2 aromatic carbocycles. The Morgan fingerprint density at radius 1 is 0.905 bits per heavy atom. The van der Waals surface area contributed by atoms with Gasteiger partial charge < -0.3 is 58.7 Å². The molecule has 7 rings (SSSR count). The minimum atomic E-state index is -1.46. The average Bonchev–Trinajstić information content (AvgIpc) is 3.61. The molecule has 0 radical (unpaired) electrons. The minimum absolute atomic E-state index is 0.00395. The van der Waals surface area contributed by atoms with Crippen LogP contribution in [0.1, 0.15) is 46.8 Å². The zero-order valence-electron chi connectivity index (χ0n) is 22.6. The fourth-order valence-corrected chi connectivity index (χ4v) is 6.85. The van der Waals surface area contributed by atoms with Crippen LogP contribution in [0.5, 0.6) is 17.2 Å². The Morgan fingerprint density at radius 3 is 2.29 bits per heavy atom. The van der Waals surface area contributed by atoms with Gasteiger partial charge >= 0.3 is 5.97 Å². The second kappa shape index (κ2) is 10.6. The fourth-order valence-electron chi connectivity index (χ4n) is 6.85. The zero-order valence-corrected chi connectivity index (χ0v) is 22.6. The first-order valence-corrected chi connectivity index (χ1v) is 13.9. The molecule has 0 saturated carbocycles. The van der Waals surface area contributed by atoms with E-state index in [0.717, 1.165) is 0 Å². The summed E-state index contributed by atoms with van der Waals surface area (Å²) in [5.74, 6) is -1.71. The van der Waals surface area contributed by atoms with Gasteiger partial charge in [-0.25, -0.2) is 0 Å². The predicted octanol–water partition coefficient (Wildman–Crippen LogP) is 0.306. The molecule has 4 aliphatic heterocycles. The normalized spacial score (nSPS) is 36.6. The van der Waals surface area contributed by atoms with Gasteiger partial charge in [0.15, 0.2) is 24.1 Å². The summed E-state index contributed by atoms with van der Waals surface area (Å²) >= 11 is 0. The van der Waals surface area contributed by atoms with Gasteiger partial charge in [-0.3, -0.25) is 4.79 Å². The Balaban J connectivity index is 1.32. The monoisotopic (exact) mass is 588 g/mol. The summed E-state index contributed by atoms with van der Waals surface area (Å²) in [6.45, 7) is 0.875. The predicted molar refractivity (Wildman–Crippen MR) is 137 cm³/mol. The summed E-state index contributed by atoms with van der Waals surface area (Å²) in [4.78, 5) is 13.3. The Hall–Kier alpha value is -3.01. The first-order valence-electron chi connectivity index (χ1n) is 13.9. The molecule has 5 N–H and O–H groups in total. The van der Waals surface area contributed by atoms with Gasteiger partial charge in [-0.05, 0) is 47.9 Å². The molecule has 1 aliphatic carbocycles. The highest BCUT2D eigenvalue weighted by molar-refractivity contribution is 5.78. The molecule has 226 valence electrons. The Bertz CT molecular complexity index is 1350. The number of aliphatic hydroxyl groups is 4. The summed E-state index contributed by atoms with van der Waals surface area (Å²) in [6, 6.07) is 6.73. The number of hydrogen-bond acceptors (Lipinski definition) is 13. The van der Waals surface area contributed by atoms with E-state index in [2.05, 4.69) is 0 Å². The van der Waals surface area contributed by atoms with Crippen LogP contribution < -0.4 is 9.47 Å². The highest BCUT2D eigenvalue weighted by atomic mass is 16.8. The van der Waals surface area contributed by atoms with Crippen molar-refractivity contribution < 1.29 is 63.5 Å². The van der Waals surface area contributed by atoms with E-state index >= 15 is 0 Å². The SMILES string of the molecule is C[C@@H]1OCC2OC(O[C@@H]3c4cc5c(cc4[C@@H](c4cc(CO)c(O)c(CO)c4)[C@H]4C(=O)OC[C@@H]43)OCO5)[C@H](O)[C@@H](O)[C@@H]2O1. The number of phenols is 1. The first-order chi connectivity index (χ1) is 20.3. The van der Waals surface area contributed by atoms with Gasteiger partial charge in [-0.15, -0.1) is 0 Å². The number of fused-ring (bicyclic) bond motifs is 4. The molecule has 3 saturated heterocycles. The average molecular weight is 589 g/mol. The van der Waals surface area contributed by atoms with Crippen molar-refractivity contribution in [1.82, 2.24) is 0 Å². The van der Waals surface area contributed by atoms with Crippen molar-refractivity contribution in [2.24, 2.45) is 11.8 Å². The lowest BCUT2D eigenvalue weighted by atomic mass is 9.66. The number of esters is 1. The third-order valence-corrected chi connectivity index (χ3v) is 8.87. The number of rotatable bonds is 5. The van der Waals surface area contributed by atoms with Gasteiger partial charge in [0.05, 0.1) is 38.4 Å². The number of ether oxygens (including phenoxy) is 7. The number of hydrogen-bond donors (Lipinski definition) is 5. The molecule has 5 aliphatic rings. The number of carbonyl (C=O) groups excluding carboxylic acids is 1. The van der Waals surface area contributed by atoms with Crippen LogP contribution in [0.4, 0.5) is 0 Å². The Kier molecular flexibility index (Phi) is 7.02. The molecule has 0 amide bonds. The molecule has 4 heterocycles. The Labute approximate surface area is 240 Å². The molecule has 42 heavy (non-hydrogen) atoms. The lowest BCUT2D eigenvalue weighted by Crippen LogP contribution is -2.63. The van der Waals surface area contributed by atoms with E-state index in [9.17, 15) is 30.3 Å². The number of aliphatic hydroxyl groups excluding tert-OH is 4. The van der Waals surface area contributed by atoms with Gasteiger partial charge in [0.2, 0.25) is 6.79 Å². The van der Waals surface area contributed by atoms with E-state index in [1.54, 1.807) is 31.2 Å². The third kappa shape index (κ3) is 4.35. The lowest BCUT2D eigenvalue weighted by molar-refractivity contribution is -0.364.